The third kappa shape index (κ3) is 3.96. The quantitative estimate of drug-likeness (QED) is 0.758. The van der Waals surface area contributed by atoms with Crippen LogP contribution in [0.1, 0.15) is 32.1 Å². The summed E-state index contributed by atoms with van der Waals surface area (Å²) in [4.78, 5) is 11.9. The SMILES string of the molecule is COc1cnn(CCCCC2CCOCC2)c(=O)c1Cl. The number of rotatable bonds is 6. The second-order valence-electron chi connectivity index (χ2n) is 5.11. The normalized spacial score (nSPS) is 16.3. The highest BCUT2D eigenvalue weighted by Crippen LogP contribution is 2.21. The monoisotopic (exact) mass is 300 g/mol. The van der Waals surface area contributed by atoms with Crippen LogP contribution in [-0.4, -0.2) is 30.1 Å². The first kappa shape index (κ1) is 15.3. The average molecular weight is 301 g/mol. The summed E-state index contributed by atoms with van der Waals surface area (Å²) in [7, 11) is 1.47. The molecule has 1 aromatic heterocycles. The second-order valence-corrected chi connectivity index (χ2v) is 5.48. The van der Waals surface area contributed by atoms with E-state index in [0.29, 0.717) is 12.3 Å². The average Bonchev–Trinajstić information content (AvgIpc) is 2.49. The van der Waals surface area contributed by atoms with E-state index in [1.807, 2.05) is 0 Å². The smallest absolute Gasteiger partial charge is 0.289 e. The van der Waals surface area contributed by atoms with Gasteiger partial charge in [-0.2, -0.15) is 5.10 Å². The van der Waals surface area contributed by atoms with E-state index >= 15 is 0 Å². The van der Waals surface area contributed by atoms with Gasteiger partial charge in [-0.15, -0.1) is 0 Å². The lowest BCUT2D eigenvalue weighted by Gasteiger charge is -2.21. The van der Waals surface area contributed by atoms with Crippen LogP contribution in [0.3, 0.4) is 0 Å². The number of aryl methyl sites for hydroxylation is 1. The van der Waals surface area contributed by atoms with Crippen molar-refractivity contribution in [3.63, 3.8) is 0 Å². The first-order chi connectivity index (χ1) is 9.72. The van der Waals surface area contributed by atoms with Gasteiger partial charge in [0, 0.05) is 19.8 Å². The fourth-order valence-electron chi connectivity index (χ4n) is 2.48. The Morgan fingerprint density at radius 1 is 1.45 bits per heavy atom. The Bertz CT molecular complexity index is 484. The Morgan fingerprint density at radius 2 is 2.20 bits per heavy atom. The van der Waals surface area contributed by atoms with Crippen molar-refractivity contribution in [1.29, 1.82) is 0 Å². The van der Waals surface area contributed by atoms with Crippen molar-refractivity contribution in [2.45, 2.75) is 38.6 Å². The minimum Gasteiger partial charge on any atom is -0.493 e. The predicted octanol–water partition coefficient (Wildman–Crippen LogP) is 2.50. The molecule has 6 heteroatoms. The first-order valence-electron chi connectivity index (χ1n) is 7.09. The van der Waals surface area contributed by atoms with E-state index in [4.69, 9.17) is 21.1 Å². The van der Waals surface area contributed by atoms with Crippen LogP contribution >= 0.6 is 11.6 Å². The van der Waals surface area contributed by atoms with Gasteiger partial charge >= 0.3 is 0 Å². The number of methoxy groups -OCH3 is 1. The molecule has 0 N–H and O–H groups in total. The first-order valence-corrected chi connectivity index (χ1v) is 7.47. The number of ether oxygens (including phenoxy) is 2. The Balaban J connectivity index is 1.79. The van der Waals surface area contributed by atoms with E-state index in [1.54, 1.807) is 0 Å². The van der Waals surface area contributed by atoms with Gasteiger partial charge in [-0.25, -0.2) is 4.68 Å². The second kappa shape index (κ2) is 7.64. The van der Waals surface area contributed by atoms with Gasteiger partial charge in [0.1, 0.15) is 0 Å². The molecule has 1 aromatic rings. The van der Waals surface area contributed by atoms with Gasteiger partial charge in [0.15, 0.2) is 10.8 Å². The molecule has 2 heterocycles. The van der Waals surface area contributed by atoms with E-state index in [0.717, 1.165) is 44.8 Å². The molecule has 0 bridgehead atoms. The van der Waals surface area contributed by atoms with Crippen molar-refractivity contribution in [3.8, 4) is 5.75 Å². The zero-order valence-corrected chi connectivity index (χ0v) is 12.6. The number of hydrogen-bond donors (Lipinski definition) is 0. The van der Waals surface area contributed by atoms with Crippen LogP contribution in [0.2, 0.25) is 5.02 Å². The molecule has 1 aliphatic rings. The van der Waals surface area contributed by atoms with E-state index in [1.165, 1.54) is 24.4 Å². The number of nitrogens with zero attached hydrogens (tertiary/aromatic N) is 2. The lowest BCUT2D eigenvalue weighted by Crippen LogP contribution is -2.23. The molecule has 0 atom stereocenters. The van der Waals surface area contributed by atoms with Gasteiger partial charge in [0.05, 0.1) is 13.3 Å². The fourth-order valence-corrected chi connectivity index (χ4v) is 2.70. The summed E-state index contributed by atoms with van der Waals surface area (Å²) in [5, 5.41) is 4.17. The van der Waals surface area contributed by atoms with Crippen LogP contribution in [0.4, 0.5) is 0 Å². The maximum atomic E-state index is 11.9. The molecule has 0 aromatic carbocycles. The summed E-state index contributed by atoms with van der Waals surface area (Å²) in [6, 6.07) is 0. The summed E-state index contributed by atoms with van der Waals surface area (Å²) in [6.07, 6.45) is 7.04. The zero-order valence-electron chi connectivity index (χ0n) is 11.8. The predicted molar refractivity (Wildman–Crippen MR) is 77.5 cm³/mol. The third-order valence-corrected chi connectivity index (χ3v) is 4.09. The lowest BCUT2D eigenvalue weighted by atomic mass is 9.94. The van der Waals surface area contributed by atoms with E-state index in [2.05, 4.69) is 5.10 Å². The summed E-state index contributed by atoms with van der Waals surface area (Å²) in [6.45, 7) is 2.38. The van der Waals surface area contributed by atoms with Crippen molar-refractivity contribution >= 4 is 11.6 Å². The Morgan fingerprint density at radius 3 is 2.90 bits per heavy atom. The van der Waals surface area contributed by atoms with Gasteiger partial charge in [-0.3, -0.25) is 4.79 Å². The third-order valence-electron chi connectivity index (χ3n) is 3.75. The van der Waals surface area contributed by atoms with Crippen molar-refractivity contribution in [2.24, 2.45) is 5.92 Å². The number of aromatic nitrogens is 2. The molecule has 1 fully saturated rings. The summed E-state index contributed by atoms with van der Waals surface area (Å²) in [5.41, 5.74) is -0.280. The Hall–Kier alpha value is -1.07. The topological polar surface area (TPSA) is 53.4 Å². The standard InChI is InChI=1S/C14H21ClN2O3/c1-19-12-10-16-17(14(18)13(12)15)7-3-2-4-11-5-8-20-9-6-11/h10-11H,2-9H2,1H3. The number of hydrogen-bond acceptors (Lipinski definition) is 4. The highest BCUT2D eigenvalue weighted by atomic mass is 35.5. The molecule has 0 saturated carbocycles. The molecular formula is C14H21ClN2O3. The van der Waals surface area contributed by atoms with Gasteiger partial charge < -0.3 is 9.47 Å². The van der Waals surface area contributed by atoms with Crippen molar-refractivity contribution in [2.75, 3.05) is 20.3 Å². The minimum atomic E-state index is -0.280. The number of unbranched alkanes of at least 4 members (excludes halogenated alkanes) is 1. The largest absolute Gasteiger partial charge is 0.493 e. The molecule has 2 rings (SSSR count). The number of halogens is 1. The van der Waals surface area contributed by atoms with Crippen LogP contribution in [0.5, 0.6) is 5.75 Å². The van der Waals surface area contributed by atoms with Crippen LogP contribution in [-0.2, 0) is 11.3 Å². The molecule has 0 spiro atoms. The highest BCUT2D eigenvalue weighted by molar-refractivity contribution is 6.31. The Kier molecular flexibility index (Phi) is 5.86. The molecule has 0 amide bonds. The van der Waals surface area contributed by atoms with Gasteiger partial charge in [0.25, 0.3) is 5.56 Å². The summed E-state index contributed by atoms with van der Waals surface area (Å²) in [5.74, 6) is 1.10. The van der Waals surface area contributed by atoms with Crippen molar-refractivity contribution < 1.29 is 9.47 Å². The highest BCUT2D eigenvalue weighted by Gasteiger charge is 2.13. The maximum Gasteiger partial charge on any atom is 0.289 e. The summed E-state index contributed by atoms with van der Waals surface area (Å²) < 4.78 is 11.7. The van der Waals surface area contributed by atoms with Gasteiger partial charge in [-0.05, 0) is 25.2 Å². The van der Waals surface area contributed by atoms with Crippen LogP contribution in [0.15, 0.2) is 11.0 Å². The van der Waals surface area contributed by atoms with E-state index < -0.39 is 0 Å². The fraction of sp³-hybridized carbons (Fsp3) is 0.714. The molecule has 1 saturated heterocycles. The van der Waals surface area contributed by atoms with Crippen molar-refractivity contribution in [1.82, 2.24) is 9.78 Å². The maximum absolute atomic E-state index is 11.9. The molecule has 0 radical (unpaired) electrons. The molecule has 5 nitrogen and oxygen atoms in total. The minimum absolute atomic E-state index is 0.104. The molecule has 0 aliphatic carbocycles. The van der Waals surface area contributed by atoms with E-state index in [-0.39, 0.29) is 10.6 Å². The van der Waals surface area contributed by atoms with Gasteiger partial charge in [0.2, 0.25) is 0 Å². The molecule has 0 unspecified atom stereocenters. The van der Waals surface area contributed by atoms with E-state index in [9.17, 15) is 4.79 Å². The van der Waals surface area contributed by atoms with Gasteiger partial charge in [-0.1, -0.05) is 24.4 Å². The van der Waals surface area contributed by atoms with Crippen LogP contribution in [0, 0.1) is 5.92 Å². The molecule has 20 heavy (non-hydrogen) atoms. The lowest BCUT2D eigenvalue weighted by molar-refractivity contribution is 0.0630. The molecule has 1 aliphatic heterocycles. The summed E-state index contributed by atoms with van der Waals surface area (Å²) >= 11 is 5.92. The zero-order chi connectivity index (χ0) is 14.4. The molecule has 112 valence electrons. The molecular weight excluding hydrogens is 280 g/mol. The van der Waals surface area contributed by atoms with Crippen molar-refractivity contribution in [3.05, 3.63) is 21.6 Å². The Labute approximate surface area is 123 Å². The van der Waals surface area contributed by atoms with Crippen LogP contribution in [0.25, 0.3) is 0 Å². The van der Waals surface area contributed by atoms with Crippen LogP contribution < -0.4 is 10.3 Å².